The molecule has 1 aliphatic rings. The fraction of sp³-hybridized carbons (Fsp3) is 0.556. The Morgan fingerprint density at radius 1 is 1.46 bits per heavy atom. The van der Waals surface area contributed by atoms with Crippen LogP contribution in [0.2, 0.25) is 0 Å². The van der Waals surface area contributed by atoms with E-state index in [0.29, 0.717) is 24.7 Å². The van der Waals surface area contributed by atoms with E-state index in [1.54, 1.807) is 12.5 Å². The second kappa shape index (κ2) is 3.60. The van der Waals surface area contributed by atoms with E-state index in [2.05, 4.69) is 10.4 Å². The monoisotopic (exact) mass is 179 g/mol. The van der Waals surface area contributed by atoms with Crippen molar-refractivity contribution in [3.05, 3.63) is 18.7 Å². The van der Waals surface area contributed by atoms with Crippen LogP contribution in [0.15, 0.2) is 18.7 Å². The van der Waals surface area contributed by atoms with Gasteiger partial charge in [0.15, 0.2) is 0 Å². The molecule has 1 N–H and O–H groups in total. The first kappa shape index (κ1) is 8.29. The molecule has 70 valence electrons. The van der Waals surface area contributed by atoms with E-state index in [4.69, 9.17) is 0 Å². The van der Waals surface area contributed by atoms with E-state index in [1.165, 1.54) is 0 Å². The molecule has 13 heavy (non-hydrogen) atoms. The number of imidazole rings is 1. The Bertz CT molecular complexity index is 271. The first-order chi connectivity index (χ1) is 6.34. The Kier molecular flexibility index (Phi) is 2.29. The minimum absolute atomic E-state index is 0.392. The average molecular weight is 179 g/mol. The number of nitrogens with one attached hydrogen (secondary N) is 1. The highest BCUT2D eigenvalue weighted by Crippen LogP contribution is 2.15. The van der Waals surface area contributed by atoms with Gasteiger partial charge in [-0.25, -0.2) is 4.98 Å². The molecule has 0 atom stereocenters. The maximum atomic E-state index is 11.0. The quantitative estimate of drug-likeness (QED) is 0.735. The van der Waals surface area contributed by atoms with Crippen LogP contribution in [0.25, 0.3) is 0 Å². The molecule has 1 heterocycles. The van der Waals surface area contributed by atoms with Crippen molar-refractivity contribution in [2.75, 3.05) is 5.43 Å². The van der Waals surface area contributed by atoms with E-state index < -0.39 is 0 Å². The summed E-state index contributed by atoms with van der Waals surface area (Å²) in [4.78, 5) is 14.9. The summed E-state index contributed by atoms with van der Waals surface area (Å²) in [6.07, 6.45) is 8.65. The molecule has 1 saturated carbocycles. The zero-order valence-corrected chi connectivity index (χ0v) is 7.44. The highest BCUT2D eigenvalue weighted by atomic mass is 16.1. The molecule has 1 aromatic rings. The second-order valence-electron chi connectivity index (χ2n) is 3.41. The molecule has 0 bridgehead atoms. The Hall–Kier alpha value is -1.32. The topological polar surface area (TPSA) is 46.9 Å². The van der Waals surface area contributed by atoms with Crippen molar-refractivity contribution in [1.82, 2.24) is 9.66 Å². The van der Waals surface area contributed by atoms with E-state index in [1.807, 2.05) is 10.9 Å². The van der Waals surface area contributed by atoms with Crippen molar-refractivity contribution in [3.8, 4) is 0 Å². The summed E-state index contributed by atoms with van der Waals surface area (Å²) in [6.45, 7) is 0. The summed E-state index contributed by atoms with van der Waals surface area (Å²) >= 11 is 0. The normalized spacial score (nSPS) is 18.9. The lowest BCUT2D eigenvalue weighted by molar-refractivity contribution is -0.120. The van der Waals surface area contributed by atoms with Gasteiger partial charge in [0, 0.05) is 31.3 Å². The predicted molar refractivity (Wildman–Crippen MR) is 48.9 cm³/mol. The van der Waals surface area contributed by atoms with Gasteiger partial charge in [-0.3, -0.25) is 9.47 Å². The number of ketones is 1. The molecule has 1 fully saturated rings. The summed E-state index contributed by atoms with van der Waals surface area (Å²) < 4.78 is 1.85. The number of carbonyl (C=O) groups excluding carboxylic acids is 1. The Morgan fingerprint density at radius 3 is 2.85 bits per heavy atom. The lowest BCUT2D eigenvalue weighted by Crippen LogP contribution is -2.31. The SMILES string of the molecule is O=C1CCC(Nn2ccnc2)CC1. The molecule has 0 amide bonds. The number of rotatable bonds is 2. The molecular weight excluding hydrogens is 166 g/mol. The molecule has 0 unspecified atom stereocenters. The van der Waals surface area contributed by atoms with Gasteiger partial charge < -0.3 is 5.43 Å². The van der Waals surface area contributed by atoms with E-state index >= 15 is 0 Å². The van der Waals surface area contributed by atoms with Crippen LogP contribution in [0.1, 0.15) is 25.7 Å². The molecule has 4 nitrogen and oxygen atoms in total. The lowest BCUT2D eigenvalue weighted by Gasteiger charge is -2.23. The van der Waals surface area contributed by atoms with Crippen molar-refractivity contribution in [2.45, 2.75) is 31.7 Å². The minimum atomic E-state index is 0.392. The molecular formula is C9H13N3O. The number of aromatic nitrogens is 2. The van der Waals surface area contributed by atoms with Gasteiger partial charge in [-0.15, -0.1) is 0 Å². The van der Waals surface area contributed by atoms with Crippen LogP contribution in [-0.2, 0) is 4.79 Å². The van der Waals surface area contributed by atoms with Crippen molar-refractivity contribution >= 4 is 5.78 Å². The highest BCUT2D eigenvalue weighted by molar-refractivity contribution is 5.79. The first-order valence-corrected chi connectivity index (χ1v) is 4.61. The van der Waals surface area contributed by atoms with Crippen LogP contribution in [0, 0.1) is 0 Å². The number of hydrogen-bond donors (Lipinski definition) is 1. The van der Waals surface area contributed by atoms with Crippen LogP contribution < -0.4 is 5.43 Å². The molecule has 2 rings (SSSR count). The van der Waals surface area contributed by atoms with Crippen molar-refractivity contribution in [3.63, 3.8) is 0 Å². The average Bonchev–Trinajstić information content (AvgIpc) is 2.62. The van der Waals surface area contributed by atoms with Gasteiger partial charge in [-0.2, -0.15) is 0 Å². The van der Waals surface area contributed by atoms with E-state index in [0.717, 1.165) is 12.8 Å². The molecule has 0 saturated heterocycles. The van der Waals surface area contributed by atoms with E-state index in [-0.39, 0.29) is 0 Å². The molecule has 0 aliphatic heterocycles. The largest absolute Gasteiger partial charge is 0.322 e. The third-order valence-corrected chi connectivity index (χ3v) is 2.38. The van der Waals surface area contributed by atoms with Crippen LogP contribution >= 0.6 is 0 Å². The van der Waals surface area contributed by atoms with E-state index in [9.17, 15) is 4.79 Å². The number of carbonyl (C=O) groups is 1. The second-order valence-corrected chi connectivity index (χ2v) is 3.41. The van der Waals surface area contributed by atoms with Crippen molar-refractivity contribution < 1.29 is 4.79 Å². The number of nitrogens with zero attached hydrogens (tertiary/aromatic N) is 2. The van der Waals surface area contributed by atoms with Crippen LogP contribution in [0.5, 0.6) is 0 Å². The lowest BCUT2D eigenvalue weighted by atomic mass is 9.95. The molecule has 0 aromatic carbocycles. The summed E-state index contributed by atoms with van der Waals surface area (Å²) in [5.74, 6) is 0.392. The number of Topliss-reactive ketones (excluding diaryl/α,β-unsaturated/α-hetero) is 1. The number of hydrogen-bond acceptors (Lipinski definition) is 3. The van der Waals surface area contributed by atoms with Crippen LogP contribution in [-0.4, -0.2) is 21.5 Å². The van der Waals surface area contributed by atoms with Crippen LogP contribution in [0.4, 0.5) is 0 Å². The molecule has 0 spiro atoms. The summed E-state index contributed by atoms with van der Waals surface area (Å²) in [6, 6.07) is 0.423. The summed E-state index contributed by atoms with van der Waals surface area (Å²) in [5, 5.41) is 0. The third-order valence-electron chi connectivity index (χ3n) is 2.38. The minimum Gasteiger partial charge on any atom is -0.322 e. The van der Waals surface area contributed by atoms with Crippen molar-refractivity contribution in [2.24, 2.45) is 0 Å². The maximum Gasteiger partial charge on any atom is 0.133 e. The van der Waals surface area contributed by atoms with Gasteiger partial charge in [0.05, 0.1) is 0 Å². The van der Waals surface area contributed by atoms with Crippen LogP contribution in [0.3, 0.4) is 0 Å². The molecule has 0 radical (unpaired) electrons. The smallest absolute Gasteiger partial charge is 0.133 e. The van der Waals surface area contributed by atoms with Crippen molar-refractivity contribution in [1.29, 1.82) is 0 Å². The first-order valence-electron chi connectivity index (χ1n) is 4.61. The Balaban J connectivity index is 1.86. The summed E-state index contributed by atoms with van der Waals surface area (Å²) in [7, 11) is 0. The Morgan fingerprint density at radius 2 is 2.23 bits per heavy atom. The van der Waals surface area contributed by atoms with Gasteiger partial charge >= 0.3 is 0 Å². The Labute approximate surface area is 76.9 Å². The predicted octanol–water partition coefficient (Wildman–Crippen LogP) is 0.938. The third kappa shape index (κ3) is 2.08. The van der Waals surface area contributed by atoms with Gasteiger partial charge in [0.1, 0.15) is 12.1 Å². The van der Waals surface area contributed by atoms with Gasteiger partial charge in [-0.05, 0) is 12.8 Å². The zero-order valence-electron chi connectivity index (χ0n) is 7.44. The van der Waals surface area contributed by atoms with Gasteiger partial charge in [-0.1, -0.05) is 0 Å². The fourth-order valence-electron chi connectivity index (χ4n) is 1.62. The summed E-state index contributed by atoms with van der Waals surface area (Å²) in [5.41, 5.74) is 3.28. The van der Waals surface area contributed by atoms with Gasteiger partial charge in [0.2, 0.25) is 0 Å². The zero-order chi connectivity index (χ0) is 9.10. The molecule has 1 aliphatic carbocycles. The molecule has 4 heteroatoms. The standard InChI is InChI=1S/C9H13N3O/c13-9-3-1-8(2-4-9)11-12-6-5-10-7-12/h5-8,11H,1-4H2. The molecule has 1 aromatic heterocycles. The van der Waals surface area contributed by atoms with Gasteiger partial charge in [0.25, 0.3) is 0 Å². The fourth-order valence-corrected chi connectivity index (χ4v) is 1.62. The highest BCUT2D eigenvalue weighted by Gasteiger charge is 2.17. The maximum absolute atomic E-state index is 11.0.